The van der Waals surface area contributed by atoms with Crippen LogP contribution >= 0.6 is 0 Å². The SMILES string of the molecule is COC(=O)/C(=C/C1(NC(=O)OCc2ccccc2)CCC1)NC(=O)OC(C)(C)C. The minimum atomic E-state index is -0.799. The van der Waals surface area contributed by atoms with Crippen molar-refractivity contribution in [2.75, 3.05) is 7.11 Å². The number of esters is 1. The van der Waals surface area contributed by atoms with E-state index in [1.54, 1.807) is 20.8 Å². The minimum absolute atomic E-state index is 0.0928. The van der Waals surface area contributed by atoms with Gasteiger partial charge < -0.3 is 19.5 Å². The molecule has 8 heteroatoms. The van der Waals surface area contributed by atoms with Gasteiger partial charge in [0.25, 0.3) is 0 Å². The molecular weight excluding hydrogens is 376 g/mol. The maximum Gasteiger partial charge on any atom is 0.412 e. The Hall–Kier alpha value is -3.03. The molecule has 2 rings (SSSR count). The fraction of sp³-hybridized carbons (Fsp3) is 0.476. The molecule has 0 saturated heterocycles. The van der Waals surface area contributed by atoms with Gasteiger partial charge in [-0.3, -0.25) is 5.32 Å². The molecule has 1 aromatic carbocycles. The van der Waals surface area contributed by atoms with Crippen LogP contribution in [-0.2, 0) is 25.6 Å². The highest BCUT2D eigenvalue weighted by molar-refractivity contribution is 5.92. The number of benzene rings is 1. The Kier molecular flexibility index (Phi) is 7.25. The quantitative estimate of drug-likeness (QED) is 0.428. The fourth-order valence-corrected chi connectivity index (χ4v) is 2.77. The molecule has 0 heterocycles. The number of carbonyl (C=O) groups is 3. The molecule has 0 unspecified atom stereocenters. The Morgan fingerprint density at radius 2 is 1.76 bits per heavy atom. The van der Waals surface area contributed by atoms with Gasteiger partial charge in [-0.25, -0.2) is 14.4 Å². The molecule has 1 aromatic rings. The van der Waals surface area contributed by atoms with Crippen LogP contribution in [0.5, 0.6) is 0 Å². The van der Waals surface area contributed by atoms with Crippen molar-refractivity contribution in [3.8, 4) is 0 Å². The third-order valence-electron chi connectivity index (χ3n) is 4.27. The summed E-state index contributed by atoms with van der Waals surface area (Å²) in [5.41, 5.74) is -0.752. The van der Waals surface area contributed by atoms with Crippen molar-refractivity contribution < 1.29 is 28.6 Å². The Morgan fingerprint density at radius 3 is 2.28 bits per heavy atom. The summed E-state index contributed by atoms with van der Waals surface area (Å²) in [6.45, 7) is 5.27. The van der Waals surface area contributed by atoms with E-state index in [2.05, 4.69) is 10.6 Å². The van der Waals surface area contributed by atoms with Crippen LogP contribution in [0.1, 0.15) is 45.6 Å². The molecule has 158 valence electrons. The van der Waals surface area contributed by atoms with Gasteiger partial charge >= 0.3 is 18.2 Å². The topological polar surface area (TPSA) is 103 Å². The molecule has 0 spiro atoms. The molecule has 8 nitrogen and oxygen atoms in total. The zero-order valence-corrected chi connectivity index (χ0v) is 17.2. The van der Waals surface area contributed by atoms with Gasteiger partial charge in [0.15, 0.2) is 0 Å². The molecule has 1 saturated carbocycles. The normalized spacial score (nSPS) is 15.5. The molecule has 29 heavy (non-hydrogen) atoms. The summed E-state index contributed by atoms with van der Waals surface area (Å²) in [4.78, 5) is 36.5. The highest BCUT2D eigenvalue weighted by Gasteiger charge is 2.39. The zero-order chi connectivity index (χ0) is 21.5. The summed E-state index contributed by atoms with van der Waals surface area (Å²) < 4.78 is 15.2. The molecular formula is C21H28N2O6. The largest absolute Gasteiger partial charge is 0.464 e. The summed E-state index contributed by atoms with van der Waals surface area (Å²) in [5, 5.41) is 5.21. The van der Waals surface area contributed by atoms with Crippen LogP contribution in [0.15, 0.2) is 42.1 Å². The Balaban J connectivity index is 2.06. The number of hydrogen-bond donors (Lipinski definition) is 2. The maximum absolute atomic E-state index is 12.3. The number of rotatable bonds is 6. The molecule has 1 aliphatic rings. The van der Waals surface area contributed by atoms with Crippen molar-refractivity contribution in [2.45, 2.75) is 57.8 Å². The first-order valence-corrected chi connectivity index (χ1v) is 9.42. The second kappa shape index (κ2) is 9.45. The van der Waals surface area contributed by atoms with Crippen LogP contribution in [0.25, 0.3) is 0 Å². The van der Waals surface area contributed by atoms with E-state index in [1.807, 2.05) is 30.3 Å². The van der Waals surface area contributed by atoms with Crippen LogP contribution < -0.4 is 10.6 Å². The van der Waals surface area contributed by atoms with E-state index in [0.29, 0.717) is 12.8 Å². The molecule has 0 aliphatic heterocycles. The average molecular weight is 404 g/mol. The van der Waals surface area contributed by atoms with Crippen LogP contribution in [0.3, 0.4) is 0 Å². The minimum Gasteiger partial charge on any atom is -0.464 e. The zero-order valence-electron chi connectivity index (χ0n) is 17.2. The van der Waals surface area contributed by atoms with E-state index >= 15 is 0 Å². The third kappa shape index (κ3) is 7.14. The van der Waals surface area contributed by atoms with Gasteiger partial charge in [-0.2, -0.15) is 0 Å². The smallest absolute Gasteiger partial charge is 0.412 e. The van der Waals surface area contributed by atoms with Gasteiger partial charge in [0, 0.05) is 0 Å². The van der Waals surface area contributed by atoms with Crippen molar-refractivity contribution in [3.05, 3.63) is 47.7 Å². The van der Waals surface area contributed by atoms with Gasteiger partial charge in [0.05, 0.1) is 12.6 Å². The van der Waals surface area contributed by atoms with Crippen molar-refractivity contribution in [1.29, 1.82) is 0 Å². The Bertz CT molecular complexity index is 763. The van der Waals surface area contributed by atoms with Crippen LogP contribution in [-0.4, -0.2) is 36.4 Å². The molecule has 0 aromatic heterocycles. The Labute approximate surface area is 170 Å². The number of methoxy groups -OCH3 is 1. The second-order valence-corrected chi connectivity index (χ2v) is 7.87. The lowest BCUT2D eigenvalue weighted by molar-refractivity contribution is -0.136. The van der Waals surface area contributed by atoms with Crippen LogP contribution in [0, 0.1) is 0 Å². The number of amides is 2. The van der Waals surface area contributed by atoms with E-state index in [9.17, 15) is 14.4 Å². The molecule has 1 fully saturated rings. The first kappa shape index (κ1) is 22.3. The van der Waals surface area contributed by atoms with E-state index in [-0.39, 0.29) is 12.3 Å². The van der Waals surface area contributed by atoms with Crippen molar-refractivity contribution in [2.24, 2.45) is 0 Å². The highest BCUT2D eigenvalue weighted by Crippen LogP contribution is 2.34. The number of alkyl carbamates (subject to hydrolysis) is 2. The number of nitrogens with one attached hydrogen (secondary N) is 2. The number of ether oxygens (including phenoxy) is 3. The molecule has 0 atom stereocenters. The van der Waals surface area contributed by atoms with E-state index in [4.69, 9.17) is 14.2 Å². The van der Waals surface area contributed by atoms with E-state index in [0.717, 1.165) is 12.0 Å². The van der Waals surface area contributed by atoms with Gasteiger partial charge in [-0.15, -0.1) is 0 Å². The van der Waals surface area contributed by atoms with Gasteiger partial charge in [0.2, 0.25) is 0 Å². The maximum atomic E-state index is 12.3. The van der Waals surface area contributed by atoms with Crippen LogP contribution in [0.4, 0.5) is 9.59 Å². The standard InChI is InChI=1S/C21H28N2O6/c1-20(2,3)29-18(25)22-16(17(24)27-4)13-21(11-8-12-21)23-19(26)28-14-15-9-6-5-7-10-15/h5-7,9-10,13H,8,11-12,14H2,1-4H3,(H,22,25)(H,23,26)/b16-13-. The van der Waals surface area contributed by atoms with Crippen molar-refractivity contribution in [3.63, 3.8) is 0 Å². The predicted octanol–water partition coefficient (Wildman–Crippen LogP) is 3.42. The van der Waals surface area contributed by atoms with Crippen LogP contribution in [0.2, 0.25) is 0 Å². The fourth-order valence-electron chi connectivity index (χ4n) is 2.77. The number of carbonyl (C=O) groups excluding carboxylic acids is 3. The molecule has 0 radical (unpaired) electrons. The van der Waals surface area contributed by atoms with Gasteiger partial charge in [-0.05, 0) is 51.7 Å². The molecule has 0 bridgehead atoms. The molecule has 1 aliphatic carbocycles. The lowest BCUT2D eigenvalue weighted by Crippen LogP contribution is -2.53. The monoisotopic (exact) mass is 404 g/mol. The number of hydrogen-bond acceptors (Lipinski definition) is 6. The molecule has 2 N–H and O–H groups in total. The van der Waals surface area contributed by atoms with Gasteiger partial charge in [-0.1, -0.05) is 30.3 Å². The highest BCUT2D eigenvalue weighted by atomic mass is 16.6. The van der Waals surface area contributed by atoms with E-state index in [1.165, 1.54) is 13.2 Å². The Morgan fingerprint density at radius 1 is 1.10 bits per heavy atom. The third-order valence-corrected chi connectivity index (χ3v) is 4.27. The first-order valence-electron chi connectivity index (χ1n) is 9.42. The summed E-state index contributed by atoms with van der Waals surface area (Å²) in [7, 11) is 1.21. The first-order chi connectivity index (χ1) is 13.6. The second-order valence-electron chi connectivity index (χ2n) is 7.87. The molecule has 2 amide bonds. The summed E-state index contributed by atoms with van der Waals surface area (Å²) in [5.74, 6) is -0.735. The lowest BCUT2D eigenvalue weighted by Gasteiger charge is -2.40. The predicted molar refractivity (Wildman–Crippen MR) is 106 cm³/mol. The summed E-state index contributed by atoms with van der Waals surface area (Å²) >= 11 is 0. The average Bonchev–Trinajstić information content (AvgIpc) is 2.62. The van der Waals surface area contributed by atoms with E-state index < -0.39 is 29.3 Å². The lowest BCUT2D eigenvalue weighted by atomic mass is 9.76. The van der Waals surface area contributed by atoms with Crippen molar-refractivity contribution in [1.82, 2.24) is 10.6 Å². The van der Waals surface area contributed by atoms with Crippen molar-refractivity contribution >= 4 is 18.2 Å². The summed E-state index contributed by atoms with van der Waals surface area (Å²) in [6.07, 6.45) is 2.17. The summed E-state index contributed by atoms with van der Waals surface area (Å²) in [6, 6.07) is 9.30. The van der Waals surface area contributed by atoms with Gasteiger partial charge in [0.1, 0.15) is 17.9 Å².